The van der Waals surface area contributed by atoms with Crippen LogP contribution in [0.1, 0.15) is 24.8 Å². The molecule has 1 saturated heterocycles. The van der Waals surface area contributed by atoms with Crippen LogP contribution < -0.4 is 15.5 Å². The van der Waals surface area contributed by atoms with E-state index in [-0.39, 0.29) is 6.04 Å². The molecule has 0 saturated carbocycles. The molecule has 3 rings (SSSR count). The molecule has 6 nitrogen and oxygen atoms in total. The molecule has 0 spiro atoms. The number of nitrogens with one attached hydrogen (secondary N) is 2. The Morgan fingerprint density at radius 1 is 1.38 bits per heavy atom. The minimum absolute atomic E-state index is 0.117. The lowest BCUT2D eigenvalue weighted by Crippen LogP contribution is -2.44. The minimum Gasteiger partial charge on any atom is -0.367 e. The average molecular weight is 363 g/mol. The van der Waals surface area contributed by atoms with Gasteiger partial charge in [-0.05, 0) is 25.0 Å². The second-order valence-electron chi connectivity index (χ2n) is 6.24. The molecule has 1 aliphatic heterocycles. The molecule has 1 aliphatic rings. The van der Waals surface area contributed by atoms with Gasteiger partial charge in [-0.3, -0.25) is 4.99 Å². The fourth-order valence-electron chi connectivity index (χ4n) is 3.00. The first-order chi connectivity index (χ1) is 12.6. The number of anilines is 1. The zero-order valence-corrected chi connectivity index (χ0v) is 14.9. The van der Waals surface area contributed by atoms with Crippen molar-refractivity contribution in [3.05, 3.63) is 47.4 Å². The van der Waals surface area contributed by atoms with Gasteiger partial charge in [0.2, 0.25) is 0 Å². The summed E-state index contributed by atoms with van der Waals surface area (Å²) >= 11 is 0. The highest BCUT2D eigenvalue weighted by molar-refractivity contribution is 5.80. The number of nitrogens with zero attached hydrogens (tertiary/aromatic N) is 3. The number of halogens is 2. The molecule has 1 unspecified atom stereocenters. The lowest BCUT2D eigenvalue weighted by molar-refractivity contribution is 0.374. The monoisotopic (exact) mass is 363 g/mol. The molecule has 1 fully saturated rings. The predicted octanol–water partition coefficient (Wildman–Crippen LogP) is 2.46. The first kappa shape index (κ1) is 18.2. The molecular weight excluding hydrogens is 340 g/mol. The number of benzene rings is 1. The van der Waals surface area contributed by atoms with Crippen LogP contribution >= 0.6 is 0 Å². The van der Waals surface area contributed by atoms with E-state index in [0.717, 1.165) is 30.4 Å². The highest BCUT2D eigenvalue weighted by Gasteiger charge is 2.25. The van der Waals surface area contributed by atoms with Crippen LogP contribution in [0.4, 0.5) is 14.5 Å². The van der Waals surface area contributed by atoms with E-state index in [1.807, 2.05) is 17.9 Å². The van der Waals surface area contributed by atoms with Gasteiger partial charge in [0.1, 0.15) is 11.6 Å². The third-order valence-corrected chi connectivity index (χ3v) is 4.40. The summed E-state index contributed by atoms with van der Waals surface area (Å²) in [7, 11) is 1.69. The van der Waals surface area contributed by atoms with Crippen molar-refractivity contribution in [1.82, 2.24) is 15.8 Å². The molecule has 1 aromatic carbocycles. The first-order valence-electron chi connectivity index (χ1n) is 8.70. The third-order valence-electron chi connectivity index (χ3n) is 4.40. The summed E-state index contributed by atoms with van der Waals surface area (Å²) in [4.78, 5) is 6.12. The van der Waals surface area contributed by atoms with Crippen LogP contribution in [0.15, 0.2) is 33.8 Å². The maximum absolute atomic E-state index is 13.9. The van der Waals surface area contributed by atoms with E-state index in [1.54, 1.807) is 7.05 Å². The molecule has 0 bridgehead atoms. The van der Waals surface area contributed by atoms with Gasteiger partial charge in [0.25, 0.3) is 0 Å². The highest BCUT2D eigenvalue weighted by atomic mass is 19.1. The topological polar surface area (TPSA) is 65.7 Å². The minimum atomic E-state index is -0.566. The van der Waals surface area contributed by atoms with Gasteiger partial charge in [0.15, 0.2) is 11.7 Å². The van der Waals surface area contributed by atoms with E-state index in [2.05, 4.69) is 20.8 Å². The van der Waals surface area contributed by atoms with Crippen LogP contribution in [0.2, 0.25) is 0 Å². The molecule has 0 radical (unpaired) electrons. The SMILES string of the molecule is CCc1cc(CNC(=NC)NC2CCN(c3ccc(F)cc3F)C2)on1. The zero-order valence-electron chi connectivity index (χ0n) is 14.9. The van der Waals surface area contributed by atoms with E-state index in [9.17, 15) is 8.78 Å². The maximum Gasteiger partial charge on any atom is 0.191 e. The largest absolute Gasteiger partial charge is 0.367 e. The third kappa shape index (κ3) is 4.30. The van der Waals surface area contributed by atoms with E-state index >= 15 is 0 Å². The molecule has 1 atom stereocenters. The molecule has 140 valence electrons. The molecule has 2 heterocycles. The van der Waals surface area contributed by atoms with E-state index in [0.29, 0.717) is 31.3 Å². The van der Waals surface area contributed by atoms with Crippen LogP contribution in [0.5, 0.6) is 0 Å². The standard InChI is InChI=1S/C18H23F2N5O/c1-3-13-9-15(26-24-13)10-22-18(21-2)23-14-6-7-25(11-14)17-5-4-12(19)8-16(17)20/h4-5,8-9,14H,3,6-7,10-11H2,1-2H3,(H2,21,22,23). The second kappa shape index (κ2) is 8.16. The fourth-order valence-corrected chi connectivity index (χ4v) is 3.00. The summed E-state index contributed by atoms with van der Waals surface area (Å²) in [6, 6.07) is 5.70. The fraction of sp³-hybridized carbons (Fsp3) is 0.444. The van der Waals surface area contributed by atoms with E-state index in [1.165, 1.54) is 12.1 Å². The van der Waals surface area contributed by atoms with Crippen molar-refractivity contribution in [2.45, 2.75) is 32.4 Å². The number of aromatic nitrogens is 1. The molecule has 2 N–H and O–H groups in total. The van der Waals surface area contributed by atoms with Crippen LogP contribution in [-0.2, 0) is 13.0 Å². The zero-order chi connectivity index (χ0) is 18.5. The number of aliphatic imine (C=N–C) groups is 1. The lowest BCUT2D eigenvalue weighted by atomic mass is 10.2. The van der Waals surface area contributed by atoms with Crippen molar-refractivity contribution in [2.24, 2.45) is 4.99 Å². The van der Waals surface area contributed by atoms with Crippen molar-refractivity contribution in [2.75, 3.05) is 25.0 Å². The van der Waals surface area contributed by atoms with Gasteiger partial charge in [-0.25, -0.2) is 8.78 Å². The van der Waals surface area contributed by atoms with Crippen molar-refractivity contribution >= 4 is 11.6 Å². The summed E-state index contributed by atoms with van der Waals surface area (Å²) in [6.07, 6.45) is 1.66. The van der Waals surface area contributed by atoms with E-state index in [4.69, 9.17) is 4.52 Å². The smallest absolute Gasteiger partial charge is 0.191 e. The van der Waals surface area contributed by atoms with Gasteiger partial charge in [0.05, 0.1) is 17.9 Å². The highest BCUT2D eigenvalue weighted by Crippen LogP contribution is 2.24. The molecule has 8 heteroatoms. The van der Waals surface area contributed by atoms with Crippen LogP contribution in [0, 0.1) is 11.6 Å². The summed E-state index contributed by atoms with van der Waals surface area (Å²) in [6.45, 7) is 3.81. The second-order valence-corrected chi connectivity index (χ2v) is 6.24. The lowest BCUT2D eigenvalue weighted by Gasteiger charge is -2.20. The molecule has 1 aromatic heterocycles. The van der Waals surface area contributed by atoms with Gasteiger partial charge in [-0.1, -0.05) is 12.1 Å². The molecule has 2 aromatic rings. The van der Waals surface area contributed by atoms with Crippen LogP contribution in [0.25, 0.3) is 0 Å². The van der Waals surface area contributed by atoms with Gasteiger partial charge in [-0.15, -0.1) is 0 Å². The number of hydrogen-bond donors (Lipinski definition) is 2. The number of aryl methyl sites for hydroxylation is 1. The Balaban J connectivity index is 1.53. The number of hydrogen-bond acceptors (Lipinski definition) is 4. The Morgan fingerprint density at radius 3 is 2.92 bits per heavy atom. The molecule has 0 aliphatic carbocycles. The Hall–Kier alpha value is -2.64. The van der Waals surface area contributed by atoms with E-state index < -0.39 is 11.6 Å². The number of guanidine groups is 1. The number of rotatable bonds is 5. The average Bonchev–Trinajstić information content (AvgIpc) is 3.27. The quantitative estimate of drug-likeness (QED) is 0.631. The Morgan fingerprint density at radius 2 is 2.23 bits per heavy atom. The van der Waals surface area contributed by atoms with Crippen molar-refractivity contribution in [1.29, 1.82) is 0 Å². The van der Waals surface area contributed by atoms with Gasteiger partial charge in [0, 0.05) is 38.3 Å². The van der Waals surface area contributed by atoms with Crippen molar-refractivity contribution < 1.29 is 13.3 Å². The Kier molecular flexibility index (Phi) is 5.70. The first-order valence-corrected chi connectivity index (χ1v) is 8.70. The van der Waals surface area contributed by atoms with Gasteiger partial charge >= 0.3 is 0 Å². The normalized spacial score (nSPS) is 17.6. The molecule has 26 heavy (non-hydrogen) atoms. The summed E-state index contributed by atoms with van der Waals surface area (Å²) in [5, 5.41) is 10.5. The van der Waals surface area contributed by atoms with Crippen LogP contribution in [0.3, 0.4) is 0 Å². The maximum atomic E-state index is 13.9. The molecule has 0 amide bonds. The van der Waals surface area contributed by atoms with Crippen LogP contribution in [-0.4, -0.2) is 37.3 Å². The summed E-state index contributed by atoms with van der Waals surface area (Å²) in [5.74, 6) is 0.283. The van der Waals surface area contributed by atoms with Gasteiger partial charge in [-0.2, -0.15) is 0 Å². The summed E-state index contributed by atoms with van der Waals surface area (Å²) < 4.78 is 32.3. The Bertz CT molecular complexity index is 777. The predicted molar refractivity (Wildman–Crippen MR) is 96.2 cm³/mol. The van der Waals surface area contributed by atoms with Gasteiger partial charge < -0.3 is 20.1 Å². The molecular formula is C18H23F2N5O. The summed E-state index contributed by atoms with van der Waals surface area (Å²) in [5.41, 5.74) is 1.34. The van der Waals surface area contributed by atoms with Crippen molar-refractivity contribution in [3.63, 3.8) is 0 Å². The Labute approximate surface area is 151 Å². The van der Waals surface area contributed by atoms with Crippen molar-refractivity contribution in [3.8, 4) is 0 Å².